The van der Waals surface area contributed by atoms with E-state index in [4.69, 9.17) is 4.74 Å². The van der Waals surface area contributed by atoms with Gasteiger partial charge in [0.2, 0.25) is 0 Å². The van der Waals surface area contributed by atoms with Gasteiger partial charge in [-0.2, -0.15) is 0 Å². The Bertz CT molecular complexity index is 352. The molecule has 0 N–H and O–H groups in total. The summed E-state index contributed by atoms with van der Waals surface area (Å²) < 4.78 is 5.07. The van der Waals surface area contributed by atoms with Crippen molar-refractivity contribution in [2.24, 2.45) is 17.3 Å². The zero-order valence-corrected chi connectivity index (χ0v) is 11.5. The molecule has 2 heteroatoms. The number of ether oxygens (including phenoxy) is 1. The molecule has 0 radical (unpaired) electrons. The Balaban J connectivity index is 1.96. The average Bonchev–Trinajstić information content (AvgIpc) is 2.75. The van der Waals surface area contributed by atoms with Gasteiger partial charge in [-0.15, -0.1) is 0 Å². The van der Waals surface area contributed by atoms with Crippen LogP contribution in [-0.2, 0) is 9.53 Å². The van der Waals surface area contributed by atoms with E-state index in [0.717, 1.165) is 23.5 Å². The van der Waals surface area contributed by atoms with Crippen LogP contribution in [0.25, 0.3) is 0 Å². The summed E-state index contributed by atoms with van der Waals surface area (Å²) in [6.45, 7) is 9.53. The molecule has 0 aromatic carbocycles. The molecule has 0 aromatic rings. The minimum absolute atomic E-state index is 0.0772. The van der Waals surface area contributed by atoms with E-state index in [0.29, 0.717) is 17.9 Å². The molecule has 1 saturated carbocycles. The molecule has 2 rings (SSSR count). The van der Waals surface area contributed by atoms with Crippen LogP contribution >= 0.6 is 0 Å². The molecular formula is C15H24O2. The van der Waals surface area contributed by atoms with Crippen LogP contribution in [0.1, 0.15) is 53.4 Å². The predicted molar refractivity (Wildman–Crippen MR) is 68.6 cm³/mol. The Morgan fingerprint density at radius 2 is 2.18 bits per heavy atom. The average molecular weight is 236 g/mol. The van der Waals surface area contributed by atoms with Crippen LogP contribution in [0, 0.1) is 17.3 Å². The lowest BCUT2D eigenvalue weighted by atomic mass is 9.83. The molecule has 2 nitrogen and oxygen atoms in total. The summed E-state index contributed by atoms with van der Waals surface area (Å²) in [6, 6.07) is 0. The predicted octanol–water partition coefficient (Wildman–Crippen LogP) is 3.71. The highest BCUT2D eigenvalue weighted by Gasteiger charge is 2.35. The summed E-state index contributed by atoms with van der Waals surface area (Å²) in [6.07, 6.45) is 4.85. The van der Waals surface area contributed by atoms with E-state index in [9.17, 15) is 4.79 Å². The van der Waals surface area contributed by atoms with Gasteiger partial charge in [0.15, 0.2) is 0 Å². The van der Waals surface area contributed by atoms with Crippen molar-refractivity contribution in [1.82, 2.24) is 0 Å². The fourth-order valence-electron chi connectivity index (χ4n) is 3.24. The molecule has 0 amide bonds. The lowest BCUT2D eigenvalue weighted by molar-refractivity contribution is -0.136. The molecule has 1 aliphatic carbocycles. The molecule has 1 heterocycles. The molecule has 96 valence electrons. The zero-order valence-electron chi connectivity index (χ0n) is 11.5. The molecule has 17 heavy (non-hydrogen) atoms. The van der Waals surface area contributed by atoms with Gasteiger partial charge in [-0.25, -0.2) is 4.79 Å². The van der Waals surface area contributed by atoms with Crippen molar-refractivity contribution in [3.05, 3.63) is 11.1 Å². The van der Waals surface area contributed by atoms with Crippen LogP contribution in [0.2, 0.25) is 0 Å². The summed E-state index contributed by atoms with van der Waals surface area (Å²) in [5, 5.41) is 0. The minimum Gasteiger partial charge on any atom is -0.458 e. The molecule has 2 aliphatic rings. The van der Waals surface area contributed by atoms with Gasteiger partial charge in [-0.05, 0) is 55.4 Å². The number of carbonyl (C=O) groups excluding carboxylic acids is 1. The van der Waals surface area contributed by atoms with Crippen molar-refractivity contribution < 1.29 is 9.53 Å². The Labute approximate surface area is 104 Å². The molecule has 0 bridgehead atoms. The van der Waals surface area contributed by atoms with Crippen molar-refractivity contribution in [3.63, 3.8) is 0 Å². The fraction of sp³-hybridized carbons (Fsp3) is 0.800. The maximum absolute atomic E-state index is 11.6. The van der Waals surface area contributed by atoms with Gasteiger partial charge in [0, 0.05) is 5.57 Å². The normalized spacial score (nSPS) is 29.6. The van der Waals surface area contributed by atoms with Gasteiger partial charge in [-0.3, -0.25) is 0 Å². The van der Waals surface area contributed by atoms with E-state index >= 15 is 0 Å². The first-order chi connectivity index (χ1) is 7.89. The van der Waals surface area contributed by atoms with Crippen LogP contribution in [0.3, 0.4) is 0 Å². The molecule has 2 atom stereocenters. The first-order valence-electron chi connectivity index (χ1n) is 6.75. The Hall–Kier alpha value is -0.790. The summed E-state index contributed by atoms with van der Waals surface area (Å²) in [7, 11) is 0. The number of rotatable bonds is 3. The van der Waals surface area contributed by atoms with E-state index in [1.807, 2.05) is 6.92 Å². The van der Waals surface area contributed by atoms with Crippen molar-refractivity contribution >= 4 is 5.97 Å². The van der Waals surface area contributed by atoms with Crippen LogP contribution in [0.15, 0.2) is 11.1 Å². The minimum atomic E-state index is -0.0772. The van der Waals surface area contributed by atoms with Gasteiger partial charge in [0.25, 0.3) is 0 Å². The number of hydrogen-bond acceptors (Lipinski definition) is 2. The van der Waals surface area contributed by atoms with Crippen LogP contribution < -0.4 is 0 Å². The van der Waals surface area contributed by atoms with Gasteiger partial charge < -0.3 is 4.74 Å². The Kier molecular flexibility index (Phi) is 3.33. The third-order valence-corrected chi connectivity index (χ3v) is 4.52. The maximum Gasteiger partial charge on any atom is 0.334 e. The van der Waals surface area contributed by atoms with E-state index in [1.54, 1.807) is 0 Å². The van der Waals surface area contributed by atoms with Crippen molar-refractivity contribution in [2.45, 2.75) is 53.4 Å². The van der Waals surface area contributed by atoms with E-state index in [2.05, 4.69) is 20.8 Å². The van der Waals surface area contributed by atoms with Crippen molar-refractivity contribution in [3.8, 4) is 0 Å². The third kappa shape index (κ3) is 2.72. The quantitative estimate of drug-likeness (QED) is 0.698. The highest BCUT2D eigenvalue weighted by Crippen LogP contribution is 2.45. The van der Waals surface area contributed by atoms with Crippen LogP contribution in [0.4, 0.5) is 0 Å². The van der Waals surface area contributed by atoms with Gasteiger partial charge in [-0.1, -0.05) is 20.8 Å². The number of esters is 1. The first kappa shape index (κ1) is 12.7. The standard InChI is InChI=1S/C15H24O2/c1-10(12-5-6-15(3,4)8-12)7-13-11(2)9-17-14(13)16/h10,12H,5-9H2,1-4H3. The molecule has 0 spiro atoms. The lowest BCUT2D eigenvalue weighted by Gasteiger charge is -2.22. The Morgan fingerprint density at radius 1 is 1.47 bits per heavy atom. The second-order valence-electron chi connectivity index (χ2n) is 6.68. The second-order valence-corrected chi connectivity index (χ2v) is 6.68. The smallest absolute Gasteiger partial charge is 0.334 e. The fourth-order valence-corrected chi connectivity index (χ4v) is 3.24. The Morgan fingerprint density at radius 3 is 2.65 bits per heavy atom. The second kappa shape index (κ2) is 4.47. The lowest BCUT2D eigenvalue weighted by Crippen LogP contribution is -2.14. The van der Waals surface area contributed by atoms with E-state index < -0.39 is 0 Å². The molecule has 1 fully saturated rings. The van der Waals surface area contributed by atoms with Gasteiger partial charge in [0.05, 0.1) is 0 Å². The molecule has 0 saturated heterocycles. The molecule has 2 unspecified atom stereocenters. The maximum atomic E-state index is 11.6. The number of hydrogen-bond donors (Lipinski definition) is 0. The number of cyclic esters (lactones) is 1. The summed E-state index contributed by atoms with van der Waals surface area (Å²) >= 11 is 0. The van der Waals surface area contributed by atoms with Crippen LogP contribution in [0.5, 0.6) is 0 Å². The topological polar surface area (TPSA) is 26.3 Å². The van der Waals surface area contributed by atoms with Gasteiger partial charge >= 0.3 is 5.97 Å². The van der Waals surface area contributed by atoms with Crippen molar-refractivity contribution in [2.75, 3.05) is 6.61 Å². The highest BCUT2D eigenvalue weighted by atomic mass is 16.5. The summed E-state index contributed by atoms with van der Waals surface area (Å²) in [4.78, 5) is 11.6. The van der Waals surface area contributed by atoms with E-state index in [1.165, 1.54) is 19.3 Å². The SMILES string of the molecule is CC1=C(CC(C)C2CCC(C)(C)C2)C(=O)OC1. The first-order valence-corrected chi connectivity index (χ1v) is 6.75. The zero-order chi connectivity index (χ0) is 12.6. The number of carbonyl (C=O) groups is 1. The third-order valence-electron chi connectivity index (χ3n) is 4.52. The highest BCUT2D eigenvalue weighted by molar-refractivity contribution is 5.91. The largest absolute Gasteiger partial charge is 0.458 e. The van der Waals surface area contributed by atoms with Crippen molar-refractivity contribution in [1.29, 1.82) is 0 Å². The summed E-state index contributed by atoms with van der Waals surface area (Å²) in [5.41, 5.74) is 2.58. The summed E-state index contributed by atoms with van der Waals surface area (Å²) in [5.74, 6) is 1.30. The monoisotopic (exact) mass is 236 g/mol. The molecule has 0 aromatic heterocycles. The molecular weight excluding hydrogens is 212 g/mol. The van der Waals surface area contributed by atoms with Gasteiger partial charge in [0.1, 0.15) is 6.61 Å². The molecule has 1 aliphatic heterocycles. The van der Waals surface area contributed by atoms with E-state index in [-0.39, 0.29) is 5.97 Å². The van der Waals surface area contributed by atoms with Crippen LogP contribution in [-0.4, -0.2) is 12.6 Å².